The molecule has 1 saturated carbocycles. The van der Waals surface area contributed by atoms with E-state index in [1.807, 2.05) is 31.2 Å². The summed E-state index contributed by atoms with van der Waals surface area (Å²) in [6, 6.07) is 13.3. The standard InChI is InChI=1S/C30H33FN2O4/c1-16(30(34)35)29(19-5-6-19)21-7-4-18-9-11-26(37-27(18)13-21)20-8-10-22(23(12-20)17(2)32)24-14-28(36-3)33-15-25(24)31/h4,7-8,10,12-17,19,26,29H,5-6,9,11,32H2,1-3H3,(H,34,35)/t16-,17-,26+,29-/m0/s1. The quantitative estimate of drug-likeness (QED) is 0.379. The molecule has 7 heteroatoms. The van der Waals surface area contributed by atoms with E-state index in [-0.39, 0.29) is 18.1 Å². The van der Waals surface area contributed by atoms with E-state index in [1.165, 1.54) is 7.11 Å². The van der Waals surface area contributed by atoms with Crippen LogP contribution in [0.5, 0.6) is 11.6 Å². The Labute approximate surface area is 216 Å². The Morgan fingerprint density at radius 2 is 1.92 bits per heavy atom. The molecule has 0 saturated heterocycles. The second kappa shape index (κ2) is 10.1. The van der Waals surface area contributed by atoms with Gasteiger partial charge in [0.15, 0.2) is 0 Å². The molecule has 1 aromatic heterocycles. The molecule has 1 aliphatic carbocycles. The zero-order valence-electron chi connectivity index (χ0n) is 21.4. The number of ether oxygens (including phenoxy) is 2. The molecule has 0 spiro atoms. The highest BCUT2D eigenvalue weighted by molar-refractivity contribution is 5.71. The first-order valence-electron chi connectivity index (χ1n) is 12.9. The number of fused-ring (bicyclic) bond motifs is 1. The third-order valence-corrected chi connectivity index (χ3v) is 7.75. The zero-order chi connectivity index (χ0) is 26.3. The second-order valence-electron chi connectivity index (χ2n) is 10.3. The van der Waals surface area contributed by atoms with Crippen LogP contribution >= 0.6 is 0 Å². The summed E-state index contributed by atoms with van der Waals surface area (Å²) >= 11 is 0. The van der Waals surface area contributed by atoms with Crippen LogP contribution in [-0.4, -0.2) is 23.2 Å². The number of carbonyl (C=O) groups is 1. The lowest BCUT2D eigenvalue weighted by atomic mass is 9.82. The monoisotopic (exact) mass is 504 g/mol. The van der Waals surface area contributed by atoms with Gasteiger partial charge in [-0.15, -0.1) is 0 Å². The van der Waals surface area contributed by atoms with E-state index < -0.39 is 17.7 Å². The van der Waals surface area contributed by atoms with E-state index in [1.54, 1.807) is 13.0 Å². The van der Waals surface area contributed by atoms with Crippen molar-refractivity contribution in [2.45, 2.75) is 57.6 Å². The van der Waals surface area contributed by atoms with Crippen LogP contribution in [0.2, 0.25) is 0 Å². The summed E-state index contributed by atoms with van der Waals surface area (Å²) in [6.07, 6.45) is 4.78. The summed E-state index contributed by atoms with van der Waals surface area (Å²) in [6.45, 7) is 3.68. The molecular formula is C30H33FN2O4. The van der Waals surface area contributed by atoms with Crippen molar-refractivity contribution in [3.05, 3.63) is 76.7 Å². The molecule has 2 heterocycles. The molecule has 194 valence electrons. The largest absolute Gasteiger partial charge is 0.485 e. The number of pyridine rings is 1. The van der Waals surface area contributed by atoms with Crippen LogP contribution in [0.3, 0.4) is 0 Å². The molecule has 1 fully saturated rings. The fourth-order valence-corrected chi connectivity index (χ4v) is 5.55. The first-order chi connectivity index (χ1) is 17.8. The molecule has 6 nitrogen and oxygen atoms in total. The van der Waals surface area contributed by atoms with E-state index >= 15 is 0 Å². The van der Waals surface area contributed by atoms with Crippen LogP contribution < -0.4 is 15.2 Å². The molecule has 0 radical (unpaired) electrons. The number of aryl methyl sites for hydroxylation is 1. The van der Waals surface area contributed by atoms with Crippen LogP contribution in [0.1, 0.15) is 73.4 Å². The van der Waals surface area contributed by atoms with Gasteiger partial charge in [-0.1, -0.05) is 31.2 Å². The molecule has 3 aromatic rings. The summed E-state index contributed by atoms with van der Waals surface area (Å²) in [7, 11) is 1.50. The minimum Gasteiger partial charge on any atom is -0.485 e. The fourth-order valence-electron chi connectivity index (χ4n) is 5.55. The normalized spacial score (nSPS) is 19.3. The Kier molecular flexibility index (Phi) is 6.90. The lowest BCUT2D eigenvalue weighted by Gasteiger charge is -2.29. The number of methoxy groups -OCH3 is 1. The molecule has 4 atom stereocenters. The first-order valence-corrected chi connectivity index (χ1v) is 12.9. The van der Waals surface area contributed by atoms with Crippen LogP contribution in [-0.2, 0) is 11.2 Å². The summed E-state index contributed by atoms with van der Waals surface area (Å²) in [5.41, 5.74) is 11.4. The molecule has 2 aromatic carbocycles. The van der Waals surface area contributed by atoms with Crippen molar-refractivity contribution in [1.29, 1.82) is 0 Å². The number of benzene rings is 2. The first kappa shape index (κ1) is 25.2. The maximum Gasteiger partial charge on any atom is 0.306 e. The van der Waals surface area contributed by atoms with Crippen molar-refractivity contribution in [3.63, 3.8) is 0 Å². The van der Waals surface area contributed by atoms with Crippen LogP contribution in [0.4, 0.5) is 4.39 Å². The number of rotatable bonds is 8. The number of nitrogens with zero attached hydrogens (tertiary/aromatic N) is 1. The van der Waals surface area contributed by atoms with Gasteiger partial charge in [0.05, 0.1) is 19.2 Å². The Morgan fingerprint density at radius 3 is 2.59 bits per heavy atom. The van der Waals surface area contributed by atoms with Gasteiger partial charge in [-0.2, -0.15) is 0 Å². The number of aromatic nitrogens is 1. The van der Waals surface area contributed by atoms with Gasteiger partial charge in [0.2, 0.25) is 5.88 Å². The Bertz CT molecular complexity index is 1320. The average molecular weight is 505 g/mol. The molecular weight excluding hydrogens is 471 g/mol. The number of halogens is 1. The Morgan fingerprint density at radius 1 is 1.14 bits per heavy atom. The lowest BCUT2D eigenvalue weighted by molar-refractivity contribution is -0.142. The van der Waals surface area contributed by atoms with Crippen molar-refractivity contribution in [3.8, 4) is 22.8 Å². The molecule has 2 aliphatic rings. The van der Waals surface area contributed by atoms with E-state index in [4.69, 9.17) is 15.2 Å². The fraction of sp³-hybridized carbons (Fsp3) is 0.400. The number of carboxylic acid groups (broad SMARTS) is 1. The number of hydrogen-bond donors (Lipinski definition) is 2. The van der Waals surface area contributed by atoms with Gasteiger partial charge in [0.1, 0.15) is 17.7 Å². The van der Waals surface area contributed by atoms with Gasteiger partial charge < -0.3 is 20.3 Å². The highest BCUT2D eigenvalue weighted by Gasteiger charge is 2.39. The molecule has 3 N–H and O–H groups in total. The molecule has 1 aliphatic heterocycles. The second-order valence-corrected chi connectivity index (χ2v) is 10.3. The van der Waals surface area contributed by atoms with Gasteiger partial charge in [-0.25, -0.2) is 9.37 Å². The Hall–Kier alpha value is -3.45. The van der Waals surface area contributed by atoms with E-state index in [9.17, 15) is 14.3 Å². The van der Waals surface area contributed by atoms with Gasteiger partial charge in [0.25, 0.3) is 0 Å². The predicted molar refractivity (Wildman–Crippen MR) is 139 cm³/mol. The number of nitrogens with two attached hydrogens (primary N) is 1. The third-order valence-electron chi connectivity index (χ3n) is 7.75. The van der Waals surface area contributed by atoms with Crippen molar-refractivity contribution < 1.29 is 23.8 Å². The summed E-state index contributed by atoms with van der Waals surface area (Å²) in [5, 5.41) is 9.67. The summed E-state index contributed by atoms with van der Waals surface area (Å²) in [5.74, 6) is -0.0980. The minimum absolute atomic E-state index is 0.0111. The van der Waals surface area contributed by atoms with Crippen molar-refractivity contribution in [1.82, 2.24) is 4.98 Å². The third kappa shape index (κ3) is 5.05. The maximum atomic E-state index is 14.7. The molecule has 0 unspecified atom stereocenters. The molecule has 37 heavy (non-hydrogen) atoms. The van der Waals surface area contributed by atoms with E-state index in [0.717, 1.165) is 59.9 Å². The topological polar surface area (TPSA) is 94.7 Å². The predicted octanol–water partition coefficient (Wildman–Crippen LogP) is 6.20. The van der Waals surface area contributed by atoms with Crippen LogP contribution in [0, 0.1) is 17.7 Å². The van der Waals surface area contributed by atoms with E-state index in [2.05, 4.69) is 17.1 Å². The number of carboxylic acids is 1. The Balaban J connectivity index is 1.45. The summed E-state index contributed by atoms with van der Waals surface area (Å²) < 4.78 is 26.4. The molecule has 5 rings (SSSR count). The van der Waals surface area contributed by atoms with Gasteiger partial charge >= 0.3 is 5.97 Å². The van der Waals surface area contributed by atoms with E-state index in [0.29, 0.717) is 22.9 Å². The van der Waals surface area contributed by atoms with Crippen molar-refractivity contribution >= 4 is 5.97 Å². The smallest absolute Gasteiger partial charge is 0.306 e. The highest BCUT2D eigenvalue weighted by Crippen LogP contribution is 2.48. The van der Waals surface area contributed by atoms with Crippen LogP contribution in [0.15, 0.2) is 48.7 Å². The highest BCUT2D eigenvalue weighted by atomic mass is 19.1. The molecule has 0 amide bonds. The molecule has 0 bridgehead atoms. The van der Waals surface area contributed by atoms with Gasteiger partial charge in [-0.05, 0) is 84.4 Å². The van der Waals surface area contributed by atoms with Gasteiger partial charge in [-0.3, -0.25) is 4.79 Å². The number of aliphatic carboxylic acids is 1. The zero-order valence-corrected chi connectivity index (χ0v) is 21.4. The minimum atomic E-state index is -0.764. The SMILES string of the molecule is COc1cc(-c2ccc([C@H]3CCc4ccc([C@H](C5CC5)[C@H](C)C(=O)O)cc4O3)cc2[C@H](C)N)c(F)cn1. The van der Waals surface area contributed by atoms with Crippen molar-refractivity contribution in [2.75, 3.05) is 7.11 Å². The van der Waals surface area contributed by atoms with Crippen LogP contribution in [0.25, 0.3) is 11.1 Å². The average Bonchev–Trinajstić information content (AvgIpc) is 3.73. The summed E-state index contributed by atoms with van der Waals surface area (Å²) in [4.78, 5) is 15.7. The maximum absolute atomic E-state index is 14.7. The van der Waals surface area contributed by atoms with Gasteiger partial charge in [0, 0.05) is 17.7 Å². The lowest BCUT2D eigenvalue weighted by Crippen LogP contribution is -2.21. The number of hydrogen-bond acceptors (Lipinski definition) is 5. The van der Waals surface area contributed by atoms with Crippen molar-refractivity contribution in [2.24, 2.45) is 17.6 Å².